The van der Waals surface area contributed by atoms with Gasteiger partial charge in [-0.3, -0.25) is 19.1 Å². The maximum atomic E-state index is 13.0. The van der Waals surface area contributed by atoms with Gasteiger partial charge in [-0.15, -0.1) is 10.2 Å². The third-order valence-corrected chi connectivity index (χ3v) is 6.34. The molecule has 8 nitrogen and oxygen atoms in total. The molecule has 0 saturated heterocycles. The third-order valence-electron chi connectivity index (χ3n) is 5.41. The maximum Gasteiger partial charge on any atom is 0.262 e. The van der Waals surface area contributed by atoms with Gasteiger partial charge in [-0.2, -0.15) is 0 Å². The summed E-state index contributed by atoms with van der Waals surface area (Å²) in [4.78, 5) is 28.8. The Bertz CT molecular complexity index is 1400. The van der Waals surface area contributed by atoms with E-state index >= 15 is 0 Å². The van der Waals surface area contributed by atoms with Gasteiger partial charge in [-0.25, -0.2) is 0 Å². The predicted octanol–water partition coefficient (Wildman–Crippen LogP) is 4.25. The van der Waals surface area contributed by atoms with Crippen LogP contribution in [0.4, 0.5) is 5.69 Å². The second-order valence-electron chi connectivity index (χ2n) is 7.93. The number of carbonyl (C=O) groups excluding carboxylic acids is 2. The number of pyridine rings is 1. The van der Waals surface area contributed by atoms with Crippen LogP contribution in [0.15, 0.2) is 66.1 Å². The number of nitrogens with one attached hydrogen (secondary N) is 1. The zero-order valence-corrected chi connectivity index (χ0v) is 19.4. The molecule has 4 aromatic rings. The summed E-state index contributed by atoms with van der Waals surface area (Å²) in [5.41, 5.74) is 5.00. The van der Waals surface area contributed by atoms with Crippen molar-refractivity contribution in [2.75, 3.05) is 17.7 Å². The van der Waals surface area contributed by atoms with E-state index in [1.54, 1.807) is 30.6 Å². The van der Waals surface area contributed by atoms with E-state index in [0.717, 1.165) is 22.4 Å². The van der Waals surface area contributed by atoms with Gasteiger partial charge in [0.1, 0.15) is 5.75 Å². The SMILES string of the molecule is Cc1ccc(-n2c(SCC(=O)c3ccc4c(c3)NC(=O)CO4)nnc2-c2cccnc2)c(C)c1. The highest BCUT2D eigenvalue weighted by Gasteiger charge is 2.21. The van der Waals surface area contributed by atoms with Crippen molar-refractivity contribution < 1.29 is 14.3 Å². The molecule has 2 aromatic heterocycles. The number of ether oxygens (including phenoxy) is 1. The summed E-state index contributed by atoms with van der Waals surface area (Å²) < 4.78 is 7.34. The fraction of sp³-hybridized carbons (Fsp3) is 0.160. The highest BCUT2D eigenvalue weighted by Crippen LogP contribution is 2.32. The van der Waals surface area contributed by atoms with Crippen LogP contribution in [-0.4, -0.2) is 43.8 Å². The number of thioether (sulfide) groups is 1. The van der Waals surface area contributed by atoms with Gasteiger partial charge in [0.05, 0.1) is 17.1 Å². The van der Waals surface area contributed by atoms with Crippen LogP contribution in [0, 0.1) is 13.8 Å². The minimum absolute atomic E-state index is 0.0243. The first-order valence-electron chi connectivity index (χ1n) is 10.7. The van der Waals surface area contributed by atoms with Crippen molar-refractivity contribution in [3.63, 3.8) is 0 Å². The Morgan fingerprint density at radius 3 is 2.82 bits per heavy atom. The van der Waals surface area contributed by atoms with Crippen molar-refractivity contribution in [2.24, 2.45) is 0 Å². The van der Waals surface area contributed by atoms with E-state index < -0.39 is 0 Å². The first kappa shape index (κ1) is 21.8. The first-order chi connectivity index (χ1) is 16.5. The summed E-state index contributed by atoms with van der Waals surface area (Å²) in [7, 11) is 0. The third kappa shape index (κ3) is 4.29. The molecule has 3 heterocycles. The van der Waals surface area contributed by atoms with Crippen LogP contribution in [0.5, 0.6) is 5.75 Å². The molecule has 0 bridgehead atoms. The number of anilines is 1. The van der Waals surface area contributed by atoms with Gasteiger partial charge in [0.25, 0.3) is 5.91 Å². The van der Waals surface area contributed by atoms with Gasteiger partial charge < -0.3 is 10.1 Å². The second kappa shape index (κ2) is 9.11. The molecule has 1 aliphatic heterocycles. The predicted molar refractivity (Wildman–Crippen MR) is 130 cm³/mol. The van der Waals surface area contributed by atoms with Crippen LogP contribution >= 0.6 is 11.8 Å². The summed E-state index contributed by atoms with van der Waals surface area (Å²) >= 11 is 1.31. The number of hydrogen-bond donors (Lipinski definition) is 1. The van der Waals surface area contributed by atoms with Crippen molar-refractivity contribution in [3.05, 3.63) is 77.6 Å². The van der Waals surface area contributed by atoms with Gasteiger partial charge in [0, 0.05) is 23.5 Å². The smallest absolute Gasteiger partial charge is 0.262 e. The summed E-state index contributed by atoms with van der Waals surface area (Å²) in [5.74, 6) is 1.04. The van der Waals surface area contributed by atoms with Crippen LogP contribution in [0.3, 0.4) is 0 Å². The summed E-state index contributed by atoms with van der Waals surface area (Å²) in [6.07, 6.45) is 3.45. The van der Waals surface area contributed by atoms with Crippen molar-refractivity contribution in [2.45, 2.75) is 19.0 Å². The van der Waals surface area contributed by atoms with Gasteiger partial charge in [-0.05, 0) is 55.8 Å². The fourth-order valence-corrected chi connectivity index (χ4v) is 4.63. The van der Waals surface area contributed by atoms with E-state index in [1.165, 1.54) is 11.8 Å². The number of carbonyl (C=O) groups is 2. The van der Waals surface area contributed by atoms with Gasteiger partial charge >= 0.3 is 0 Å². The van der Waals surface area contributed by atoms with E-state index in [1.807, 2.05) is 42.7 Å². The molecule has 9 heteroatoms. The van der Waals surface area contributed by atoms with Crippen molar-refractivity contribution in [1.82, 2.24) is 19.7 Å². The quantitative estimate of drug-likeness (QED) is 0.331. The molecule has 0 radical (unpaired) electrons. The monoisotopic (exact) mass is 471 g/mol. The number of hydrogen-bond acceptors (Lipinski definition) is 7. The lowest BCUT2D eigenvalue weighted by atomic mass is 10.1. The number of benzene rings is 2. The number of nitrogens with zero attached hydrogens (tertiary/aromatic N) is 4. The Morgan fingerprint density at radius 2 is 2.03 bits per heavy atom. The second-order valence-corrected chi connectivity index (χ2v) is 8.88. The molecule has 0 aliphatic carbocycles. The number of fused-ring (bicyclic) bond motifs is 1. The molecule has 0 saturated carbocycles. The topological polar surface area (TPSA) is 99.0 Å². The number of aryl methyl sites for hydroxylation is 2. The van der Waals surface area contributed by atoms with Crippen LogP contribution in [0.2, 0.25) is 0 Å². The lowest BCUT2D eigenvalue weighted by Gasteiger charge is -2.18. The van der Waals surface area contributed by atoms with Gasteiger partial charge in [-0.1, -0.05) is 29.5 Å². The average Bonchev–Trinajstić information content (AvgIpc) is 3.26. The Kier molecular flexibility index (Phi) is 5.85. The van der Waals surface area contributed by atoms with E-state index in [2.05, 4.69) is 26.6 Å². The van der Waals surface area contributed by atoms with Crippen LogP contribution in [-0.2, 0) is 4.79 Å². The highest BCUT2D eigenvalue weighted by molar-refractivity contribution is 7.99. The van der Waals surface area contributed by atoms with Crippen molar-refractivity contribution >= 4 is 29.1 Å². The molecule has 2 aromatic carbocycles. The summed E-state index contributed by atoms with van der Waals surface area (Å²) in [6, 6.07) is 15.0. The minimum Gasteiger partial charge on any atom is -0.482 e. The zero-order chi connectivity index (χ0) is 23.7. The molecule has 34 heavy (non-hydrogen) atoms. The number of Topliss-reactive ketones (excluding diaryl/α,β-unsaturated/α-hetero) is 1. The summed E-state index contributed by atoms with van der Waals surface area (Å²) in [5, 5.41) is 12.2. The Labute approximate surface area is 200 Å². The average molecular weight is 472 g/mol. The van der Waals surface area contributed by atoms with E-state index in [9.17, 15) is 9.59 Å². The molecule has 1 amide bonds. The molecule has 170 valence electrons. The van der Waals surface area contributed by atoms with Gasteiger partial charge in [0.2, 0.25) is 0 Å². The molecule has 1 aliphatic rings. The summed E-state index contributed by atoms with van der Waals surface area (Å²) in [6.45, 7) is 4.06. The number of rotatable bonds is 6. The minimum atomic E-state index is -0.240. The molecule has 1 N–H and O–H groups in total. The van der Waals surface area contributed by atoms with Crippen molar-refractivity contribution in [1.29, 1.82) is 0 Å². The lowest BCUT2D eigenvalue weighted by molar-refractivity contribution is -0.118. The van der Waals surface area contributed by atoms with Gasteiger partial charge in [0.15, 0.2) is 23.4 Å². The van der Waals surface area contributed by atoms with Crippen LogP contribution in [0.25, 0.3) is 17.1 Å². The molecule has 0 spiro atoms. The van der Waals surface area contributed by atoms with E-state index in [4.69, 9.17) is 4.74 Å². The number of aromatic nitrogens is 4. The number of ketones is 1. The Hall–Kier alpha value is -3.98. The molecular formula is C25H21N5O3S. The molecule has 0 atom stereocenters. The molecule has 5 rings (SSSR count). The number of amides is 1. The molecular weight excluding hydrogens is 450 g/mol. The zero-order valence-electron chi connectivity index (χ0n) is 18.6. The van der Waals surface area contributed by atoms with E-state index in [-0.39, 0.29) is 24.1 Å². The Balaban J connectivity index is 1.45. The van der Waals surface area contributed by atoms with E-state index in [0.29, 0.717) is 28.0 Å². The lowest BCUT2D eigenvalue weighted by Crippen LogP contribution is -2.25. The highest BCUT2D eigenvalue weighted by atomic mass is 32.2. The Morgan fingerprint density at radius 1 is 1.15 bits per heavy atom. The first-order valence-corrected chi connectivity index (χ1v) is 11.6. The van der Waals surface area contributed by atoms with Crippen LogP contribution < -0.4 is 10.1 Å². The standard InChI is InChI=1S/C25H21N5O3S/c1-15-5-7-20(16(2)10-15)30-24(18-4-3-9-26-12-18)28-29-25(30)34-14-21(31)17-6-8-22-19(11-17)27-23(32)13-33-22/h3-12H,13-14H2,1-2H3,(H,27,32). The van der Waals surface area contributed by atoms with Crippen LogP contribution in [0.1, 0.15) is 21.5 Å². The molecule has 0 fully saturated rings. The van der Waals surface area contributed by atoms with Crippen molar-refractivity contribution in [3.8, 4) is 22.8 Å². The fourth-order valence-electron chi connectivity index (χ4n) is 3.79. The molecule has 0 unspecified atom stereocenters. The normalized spacial score (nSPS) is 12.6. The largest absolute Gasteiger partial charge is 0.482 e. The maximum absolute atomic E-state index is 13.0.